The van der Waals surface area contributed by atoms with E-state index in [-0.39, 0.29) is 12.6 Å². The van der Waals surface area contributed by atoms with E-state index in [1.54, 1.807) is 0 Å². The second-order valence-electron chi connectivity index (χ2n) is 1.72. The number of rotatable bonds is 1. The number of aliphatic hydroxyl groups excluding tert-OH is 1. The van der Waals surface area contributed by atoms with Gasteiger partial charge in [0.15, 0.2) is 0 Å². The van der Waals surface area contributed by atoms with E-state index in [2.05, 4.69) is 9.98 Å². The maximum Gasteiger partial charge on any atom is 0.110 e. The molecule has 3 heteroatoms. The highest BCUT2D eigenvalue weighted by Gasteiger charge is 2.09. The monoisotopic (exact) mass is 112 g/mol. The molecule has 44 valence electrons. The van der Waals surface area contributed by atoms with Gasteiger partial charge in [0.25, 0.3) is 0 Å². The Balaban J connectivity index is 2.59. The van der Waals surface area contributed by atoms with E-state index in [1.807, 2.05) is 6.92 Å². The first-order valence-corrected chi connectivity index (χ1v) is 2.53. The molecule has 0 radical (unpaired) electrons. The molecule has 0 saturated carbocycles. The normalized spacial score (nSPS) is 26.2. The van der Waals surface area contributed by atoms with Gasteiger partial charge in [0.1, 0.15) is 6.34 Å². The van der Waals surface area contributed by atoms with Crippen LogP contribution in [0.3, 0.4) is 0 Å². The number of aliphatic imine (C=N–C) groups is 2. The molecular formula is C5H8N2O. The largest absolute Gasteiger partial charge is 0.390 e. The van der Waals surface area contributed by atoms with E-state index in [4.69, 9.17) is 5.11 Å². The Morgan fingerprint density at radius 2 is 2.62 bits per heavy atom. The molecule has 0 bridgehead atoms. The predicted octanol–water partition coefficient (Wildman–Crippen LogP) is -0.150. The fourth-order valence-electron chi connectivity index (χ4n) is 0.574. The minimum atomic E-state index is 0.0289. The van der Waals surface area contributed by atoms with Crippen molar-refractivity contribution in [2.75, 3.05) is 6.61 Å². The van der Waals surface area contributed by atoms with Crippen molar-refractivity contribution in [1.29, 1.82) is 0 Å². The van der Waals surface area contributed by atoms with Crippen molar-refractivity contribution in [3.8, 4) is 0 Å². The zero-order valence-corrected chi connectivity index (χ0v) is 4.70. The average molecular weight is 112 g/mol. The number of nitrogens with zero attached hydrogens (tertiary/aromatic N) is 2. The summed E-state index contributed by atoms with van der Waals surface area (Å²) in [5, 5.41) is 8.53. The topological polar surface area (TPSA) is 45.0 Å². The first-order valence-electron chi connectivity index (χ1n) is 2.53. The zero-order chi connectivity index (χ0) is 5.98. The van der Waals surface area contributed by atoms with E-state index >= 15 is 0 Å². The summed E-state index contributed by atoms with van der Waals surface area (Å²) in [6.07, 6.45) is 1.48. The third-order valence-corrected chi connectivity index (χ3v) is 1.16. The highest BCUT2D eigenvalue weighted by atomic mass is 16.3. The second-order valence-corrected chi connectivity index (χ2v) is 1.72. The van der Waals surface area contributed by atoms with Crippen LogP contribution in [0.4, 0.5) is 0 Å². The molecule has 0 aromatic rings. The molecule has 0 fully saturated rings. The molecule has 1 aliphatic rings. The second kappa shape index (κ2) is 2.05. The van der Waals surface area contributed by atoms with E-state index in [0.29, 0.717) is 0 Å². The van der Waals surface area contributed by atoms with Crippen molar-refractivity contribution in [3.05, 3.63) is 0 Å². The molecule has 0 aromatic heterocycles. The smallest absolute Gasteiger partial charge is 0.110 e. The quantitative estimate of drug-likeness (QED) is 0.503. The van der Waals surface area contributed by atoms with Crippen LogP contribution in [0.15, 0.2) is 9.98 Å². The summed E-state index contributed by atoms with van der Waals surface area (Å²) in [7, 11) is 0. The van der Waals surface area contributed by atoms with Gasteiger partial charge in [-0.1, -0.05) is 0 Å². The van der Waals surface area contributed by atoms with Crippen LogP contribution in [0.5, 0.6) is 0 Å². The van der Waals surface area contributed by atoms with Gasteiger partial charge in [0.2, 0.25) is 0 Å². The average Bonchev–Trinajstić information content (AvgIpc) is 2.14. The molecule has 1 atom stereocenters. The van der Waals surface area contributed by atoms with Crippen LogP contribution < -0.4 is 0 Å². The minimum absolute atomic E-state index is 0.0289. The lowest BCUT2D eigenvalue weighted by Gasteiger charge is -1.97. The van der Waals surface area contributed by atoms with Gasteiger partial charge < -0.3 is 5.11 Å². The Hall–Kier alpha value is -0.700. The van der Waals surface area contributed by atoms with Crippen LogP contribution in [0.2, 0.25) is 0 Å². The Kier molecular flexibility index (Phi) is 1.39. The summed E-state index contributed by atoms with van der Waals surface area (Å²) in [4.78, 5) is 7.71. The van der Waals surface area contributed by atoms with Crippen molar-refractivity contribution < 1.29 is 5.11 Å². The third kappa shape index (κ3) is 0.767. The summed E-state index contributed by atoms with van der Waals surface area (Å²) in [6, 6.07) is 0.0972. The SMILES string of the molecule is C[C@H]1N=CN=C1CO. The molecule has 8 heavy (non-hydrogen) atoms. The molecular weight excluding hydrogens is 104 g/mol. The van der Waals surface area contributed by atoms with Crippen LogP contribution in [0, 0.1) is 0 Å². The molecule has 1 heterocycles. The highest BCUT2D eigenvalue weighted by Crippen LogP contribution is 1.98. The van der Waals surface area contributed by atoms with Crippen molar-refractivity contribution in [2.24, 2.45) is 9.98 Å². The molecule has 0 aromatic carbocycles. The molecule has 1 aliphatic heterocycles. The Labute approximate surface area is 47.8 Å². The van der Waals surface area contributed by atoms with Gasteiger partial charge in [-0.3, -0.25) is 4.99 Å². The first kappa shape index (κ1) is 5.44. The van der Waals surface area contributed by atoms with Crippen LogP contribution in [-0.4, -0.2) is 29.8 Å². The molecule has 3 nitrogen and oxygen atoms in total. The molecule has 1 N–H and O–H groups in total. The van der Waals surface area contributed by atoms with Gasteiger partial charge in [-0.15, -0.1) is 0 Å². The van der Waals surface area contributed by atoms with E-state index < -0.39 is 0 Å². The molecule has 1 rings (SSSR count). The molecule has 0 unspecified atom stereocenters. The summed E-state index contributed by atoms with van der Waals surface area (Å²) in [5.74, 6) is 0. The van der Waals surface area contributed by atoms with Crippen molar-refractivity contribution >= 4 is 12.1 Å². The summed E-state index contributed by atoms with van der Waals surface area (Å²) >= 11 is 0. The van der Waals surface area contributed by atoms with Gasteiger partial charge in [-0.25, -0.2) is 4.99 Å². The van der Waals surface area contributed by atoms with Gasteiger partial charge in [0, 0.05) is 0 Å². The van der Waals surface area contributed by atoms with Gasteiger partial charge in [-0.05, 0) is 6.92 Å². The van der Waals surface area contributed by atoms with E-state index in [9.17, 15) is 0 Å². The lowest BCUT2D eigenvalue weighted by molar-refractivity contribution is 0.354. The maximum atomic E-state index is 8.53. The highest BCUT2D eigenvalue weighted by molar-refractivity contribution is 5.99. The van der Waals surface area contributed by atoms with Crippen LogP contribution in [0.25, 0.3) is 0 Å². The van der Waals surface area contributed by atoms with Gasteiger partial charge in [-0.2, -0.15) is 0 Å². The summed E-state index contributed by atoms with van der Waals surface area (Å²) in [6.45, 7) is 1.93. The number of hydrogen-bond acceptors (Lipinski definition) is 3. The van der Waals surface area contributed by atoms with Crippen molar-refractivity contribution in [3.63, 3.8) is 0 Å². The zero-order valence-electron chi connectivity index (χ0n) is 4.70. The lowest BCUT2D eigenvalue weighted by Crippen LogP contribution is -2.14. The molecule has 0 saturated heterocycles. The fraction of sp³-hybridized carbons (Fsp3) is 0.600. The molecule has 0 spiro atoms. The van der Waals surface area contributed by atoms with Gasteiger partial charge >= 0.3 is 0 Å². The molecule has 0 aliphatic carbocycles. The molecule has 0 amide bonds. The van der Waals surface area contributed by atoms with Crippen LogP contribution in [0.1, 0.15) is 6.92 Å². The first-order chi connectivity index (χ1) is 3.84. The standard InChI is InChI=1S/C5H8N2O/c1-4-5(2-8)7-3-6-4/h3-4,8H,2H2,1H3/t4-/m1/s1. The number of hydrogen-bond donors (Lipinski definition) is 1. The van der Waals surface area contributed by atoms with Gasteiger partial charge in [0.05, 0.1) is 18.4 Å². The minimum Gasteiger partial charge on any atom is -0.390 e. The van der Waals surface area contributed by atoms with Crippen LogP contribution >= 0.6 is 0 Å². The fourth-order valence-corrected chi connectivity index (χ4v) is 0.574. The maximum absolute atomic E-state index is 8.53. The van der Waals surface area contributed by atoms with Crippen LogP contribution in [-0.2, 0) is 0 Å². The Morgan fingerprint density at radius 1 is 1.88 bits per heavy atom. The summed E-state index contributed by atoms with van der Waals surface area (Å²) < 4.78 is 0. The van der Waals surface area contributed by atoms with E-state index in [0.717, 1.165) is 5.71 Å². The third-order valence-electron chi connectivity index (χ3n) is 1.16. The Bertz CT molecular complexity index is 139. The summed E-state index contributed by atoms with van der Waals surface area (Å²) in [5.41, 5.74) is 0.755. The van der Waals surface area contributed by atoms with E-state index in [1.165, 1.54) is 6.34 Å². The van der Waals surface area contributed by atoms with Crippen molar-refractivity contribution in [2.45, 2.75) is 13.0 Å². The Morgan fingerprint density at radius 3 is 2.88 bits per heavy atom. The lowest BCUT2D eigenvalue weighted by atomic mass is 10.2. The van der Waals surface area contributed by atoms with Crippen molar-refractivity contribution in [1.82, 2.24) is 0 Å². The number of aliphatic hydroxyl groups is 1. The predicted molar refractivity (Wildman–Crippen MR) is 32.5 cm³/mol.